The Balaban J connectivity index is 2.41. The normalized spacial score (nSPS) is 10.1. The minimum absolute atomic E-state index is 0.224. The van der Waals surface area contributed by atoms with E-state index in [1.165, 1.54) is 0 Å². The Kier molecular flexibility index (Phi) is 6.39. The number of rotatable bonds is 6. The Hall–Kier alpha value is -0.840. The Labute approximate surface area is 122 Å². The van der Waals surface area contributed by atoms with E-state index in [0.717, 1.165) is 12.8 Å². The van der Waals surface area contributed by atoms with Crippen LogP contribution in [0.15, 0.2) is 18.2 Å². The van der Waals surface area contributed by atoms with E-state index in [4.69, 9.17) is 41.2 Å². The molecule has 1 rings (SSSR count). The van der Waals surface area contributed by atoms with Crippen LogP contribution in [0.25, 0.3) is 0 Å². The number of hydrogen-bond donors (Lipinski definition) is 2. The molecule has 0 radical (unpaired) electrons. The summed E-state index contributed by atoms with van der Waals surface area (Å²) in [6.45, 7) is 0.560. The van der Waals surface area contributed by atoms with Crippen molar-refractivity contribution in [3.8, 4) is 0 Å². The summed E-state index contributed by atoms with van der Waals surface area (Å²) in [4.78, 5) is 12.3. The lowest BCUT2D eigenvalue weighted by Crippen LogP contribution is -2.25. The van der Waals surface area contributed by atoms with E-state index in [1.54, 1.807) is 18.2 Å². The summed E-state index contributed by atoms with van der Waals surface area (Å²) in [5.41, 5.74) is 5.76. The van der Waals surface area contributed by atoms with E-state index in [0.29, 0.717) is 28.5 Å². The summed E-state index contributed by atoms with van der Waals surface area (Å²) in [6, 6.07) is 4.97. The third kappa shape index (κ3) is 4.80. The molecule has 0 aromatic heterocycles. The van der Waals surface area contributed by atoms with Crippen molar-refractivity contribution in [1.29, 1.82) is 0 Å². The Morgan fingerprint density at radius 3 is 2.72 bits per heavy atom. The van der Waals surface area contributed by atoms with Gasteiger partial charge in [0.15, 0.2) is 0 Å². The van der Waals surface area contributed by atoms with Crippen molar-refractivity contribution in [2.75, 3.05) is 6.54 Å². The highest BCUT2D eigenvalue weighted by atomic mass is 35.5. The molecule has 0 aliphatic rings. The van der Waals surface area contributed by atoms with Gasteiger partial charge in [0.1, 0.15) is 0 Å². The predicted molar refractivity (Wildman–Crippen MR) is 79.4 cm³/mol. The van der Waals surface area contributed by atoms with Gasteiger partial charge in [-0.15, -0.1) is 0 Å². The zero-order chi connectivity index (χ0) is 13.5. The zero-order valence-corrected chi connectivity index (χ0v) is 12.0. The summed E-state index contributed by atoms with van der Waals surface area (Å²) < 4.78 is 0. The van der Waals surface area contributed by atoms with Crippen LogP contribution in [-0.4, -0.2) is 17.4 Å². The fraction of sp³-hybridized carbons (Fsp3) is 0.333. The van der Waals surface area contributed by atoms with Crippen LogP contribution in [-0.2, 0) is 0 Å². The molecular weight excluding hydrogens is 291 g/mol. The second-order valence-electron chi connectivity index (χ2n) is 3.78. The molecule has 0 saturated heterocycles. The molecule has 0 saturated carbocycles. The molecule has 3 nitrogen and oxygen atoms in total. The molecule has 0 unspecified atom stereocenters. The molecule has 0 spiro atoms. The monoisotopic (exact) mass is 304 g/mol. The van der Waals surface area contributed by atoms with Gasteiger partial charge in [0.05, 0.1) is 20.6 Å². The van der Waals surface area contributed by atoms with Gasteiger partial charge in [-0.3, -0.25) is 4.79 Å². The van der Waals surface area contributed by atoms with Crippen LogP contribution in [0.3, 0.4) is 0 Å². The molecule has 0 heterocycles. The van der Waals surface area contributed by atoms with Crippen LogP contribution >= 0.6 is 35.4 Å². The van der Waals surface area contributed by atoms with E-state index < -0.39 is 0 Å². The number of nitrogens with two attached hydrogens (primary N) is 1. The summed E-state index contributed by atoms with van der Waals surface area (Å²) >= 11 is 16.5. The topological polar surface area (TPSA) is 55.1 Å². The molecule has 1 aromatic rings. The maximum atomic E-state index is 11.8. The number of thiocarbonyl (C=S) groups is 1. The fourth-order valence-electron chi connectivity index (χ4n) is 1.40. The number of unbranched alkanes of at least 4 members (excludes halogenated alkanes) is 1. The van der Waals surface area contributed by atoms with Crippen molar-refractivity contribution in [2.24, 2.45) is 5.73 Å². The molecule has 0 aliphatic heterocycles. The van der Waals surface area contributed by atoms with Gasteiger partial charge in [0.25, 0.3) is 5.91 Å². The predicted octanol–water partition coefficient (Wildman–Crippen LogP) is 3.18. The first kappa shape index (κ1) is 15.2. The van der Waals surface area contributed by atoms with Crippen molar-refractivity contribution in [1.82, 2.24) is 5.32 Å². The van der Waals surface area contributed by atoms with Crippen LogP contribution in [0.1, 0.15) is 29.6 Å². The third-order valence-corrected chi connectivity index (χ3v) is 3.35. The van der Waals surface area contributed by atoms with Crippen molar-refractivity contribution >= 4 is 46.3 Å². The first-order chi connectivity index (χ1) is 8.52. The zero-order valence-electron chi connectivity index (χ0n) is 9.71. The van der Waals surface area contributed by atoms with Crippen LogP contribution in [0.4, 0.5) is 0 Å². The van der Waals surface area contributed by atoms with Crippen LogP contribution in [0, 0.1) is 0 Å². The first-order valence-electron chi connectivity index (χ1n) is 5.53. The van der Waals surface area contributed by atoms with Crippen LogP contribution < -0.4 is 11.1 Å². The number of halogens is 2. The van der Waals surface area contributed by atoms with Crippen molar-refractivity contribution in [3.05, 3.63) is 33.8 Å². The third-order valence-electron chi connectivity index (χ3n) is 2.33. The number of amides is 1. The molecule has 3 N–H and O–H groups in total. The molecule has 18 heavy (non-hydrogen) atoms. The van der Waals surface area contributed by atoms with Gasteiger partial charge in [-0.25, -0.2) is 0 Å². The molecule has 0 fully saturated rings. The second-order valence-corrected chi connectivity index (χ2v) is 5.09. The number of benzene rings is 1. The van der Waals surface area contributed by atoms with E-state index in [1.807, 2.05) is 0 Å². The lowest BCUT2D eigenvalue weighted by Gasteiger charge is -2.07. The highest BCUT2D eigenvalue weighted by Crippen LogP contribution is 2.25. The highest BCUT2D eigenvalue weighted by Gasteiger charge is 2.11. The summed E-state index contributed by atoms with van der Waals surface area (Å²) in [5.74, 6) is -0.224. The number of hydrogen-bond acceptors (Lipinski definition) is 2. The highest BCUT2D eigenvalue weighted by molar-refractivity contribution is 7.80. The second kappa shape index (κ2) is 7.56. The standard InChI is InChI=1S/C12H14Cl2N2OS/c13-9-5-3-4-8(11(9)14)12(17)16-7-2-1-6-10(15)18/h3-5H,1-2,6-7H2,(H2,15,18)(H,16,17). The summed E-state index contributed by atoms with van der Waals surface area (Å²) in [7, 11) is 0. The van der Waals surface area contributed by atoms with Gasteiger partial charge in [-0.1, -0.05) is 41.5 Å². The Morgan fingerprint density at radius 1 is 1.33 bits per heavy atom. The van der Waals surface area contributed by atoms with Crippen molar-refractivity contribution < 1.29 is 4.79 Å². The summed E-state index contributed by atoms with van der Waals surface area (Å²) in [6.07, 6.45) is 2.38. The average molecular weight is 305 g/mol. The SMILES string of the molecule is NC(=S)CCCCNC(=O)c1cccc(Cl)c1Cl. The van der Waals surface area contributed by atoms with E-state index >= 15 is 0 Å². The first-order valence-corrected chi connectivity index (χ1v) is 6.69. The van der Waals surface area contributed by atoms with Crippen LogP contribution in [0.5, 0.6) is 0 Å². The maximum absolute atomic E-state index is 11.8. The van der Waals surface area contributed by atoms with Crippen molar-refractivity contribution in [2.45, 2.75) is 19.3 Å². The summed E-state index contributed by atoms with van der Waals surface area (Å²) in [5, 5.41) is 3.43. The maximum Gasteiger partial charge on any atom is 0.252 e. The minimum Gasteiger partial charge on any atom is -0.393 e. The average Bonchev–Trinajstić information content (AvgIpc) is 2.31. The molecule has 1 amide bonds. The fourth-order valence-corrected chi connectivity index (χ4v) is 1.93. The molecule has 1 aromatic carbocycles. The van der Waals surface area contributed by atoms with E-state index in [2.05, 4.69) is 5.32 Å². The molecular formula is C12H14Cl2N2OS. The number of carbonyl (C=O) groups excluding carboxylic acids is 1. The van der Waals surface area contributed by atoms with Crippen LogP contribution in [0.2, 0.25) is 10.0 Å². The smallest absolute Gasteiger partial charge is 0.252 e. The lowest BCUT2D eigenvalue weighted by atomic mass is 10.2. The molecule has 0 aliphatic carbocycles. The Bertz CT molecular complexity index is 452. The molecule has 98 valence electrons. The molecule has 0 bridgehead atoms. The van der Waals surface area contributed by atoms with Crippen molar-refractivity contribution in [3.63, 3.8) is 0 Å². The van der Waals surface area contributed by atoms with E-state index in [9.17, 15) is 4.79 Å². The van der Waals surface area contributed by atoms with E-state index in [-0.39, 0.29) is 10.9 Å². The molecule has 0 atom stereocenters. The van der Waals surface area contributed by atoms with Gasteiger partial charge in [0, 0.05) is 6.54 Å². The van der Waals surface area contributed by atoms with Gasteiger partial charge < -0.3 is 11.1 Å². The van der Waals surface area contributed by atoms with Gasteiger partial charge in [-0.05, 0) is 31.4 Å². The van der Waals surface area contributed by atoms with Gasteiger partial charge in [-0.2, -0.15) is 0 Å². The lowest BCUT2D eigenvalue weighted by molar-refractivity contribution is 0.0953. The largest absolute Gasteiger partial charge is 0.393 e. The number of carbonyl (C=O) groups is 1. The quantitative estimate of drug-likeness (QED) is 0.627. The Morgan fingerprint density at radius 2 is 2.06 bits per heavy atom. The van der Waals surface area contributed by atoms with Gasteiger partial charge >= 0.3 is 0 Å². The minimum atomic E-state index is -0.224. The molecule has 6 heteroatoms. The number of nitrogens with one attached hydrogen (secondary N) is 1. The van der Waals surface area contributed by atoms with Gasteiger partial charge in [0.2, 0.25) is 0 Å².